The summed E-state index contributed by atoms with van der Waals surface area (Å²) >= 11 is 0. The number of ether oxygens (including phenoxy) is 1. The van der Waals surface area contributed by atoms with Crippen molar-refractivity contribution in [2.24, 2.45) is 0 Å². The highest BCUT2D eigenvalue weighted by atomic mass is 16.5. The van der Waals surface area contributed by atoms with Crippen LogP contribution in [0.15, 0.2) is 24.3 Å². The van der Waals surface area contributed by atoms with Crippen LogP contribution in [0.2, 0.25) is 0 Å². The van der Waals surface area contributed by atoms with Gasteiger partial charge in [-0.2, -0.15) is 0 Å². The molecule has 0 atom stereocenters. The van der Waals surface area contributed by atoms with E-state index in [2.05, 4.69) is 12.2 Å². The molecular weight excluding hydrogens is 214 g/mol. The molecule has 0 saturated carbocycles. The molecule has 17 heavy (non-hydrogen) atoms. The van der Waals surface area contributed by atoms with E-state index in [9.17, 15) is 4.79 Å². The zero-order chi connectivity index (χ0) is 12.5. The van der Waals surface area contributed by atoms with Gasteiger partial charge >= 0.3 is 0 Å². The summed E-state index contributed by atoms with van der Waals surface area (Å²) in [6.45, 7) is 5.61. The molecule has 0 fully saturated rings. The molecule has 1 aromatic rings. The van der Waals surface area contributed by atoms with Crippen molar-refractivity contribution in [3.8, 4) is 5.75 Å². The number of carbonyl (C=O) groups excluding carboxylic acids is 1. The molecule has 94 valence electrons. The summed E-state index contributed by atoms with van der Waals surface area (Å²) in [5.74, 6) is 0.803. The molecule has 0 radical (unpaired) electrons. The lowest BCUT2D eigenvalue weighted by Crippen LogP contribution is -2.23. The second-order valence-electron chi connectivity index (χ2n) is 3.98. The van der Waals surface area contributed by atoms with Gasteiger partial charge in [-0.05, 0) is 37.1 Å². The molecule has 0 heterocycles. The van der Waals surface area contributed by atoms with Crippen molar-refractivity contribution >= 4 is 5.91 Å². The Morgan fingerprint density at radius 2 is 1.88 bits per heavy atom. The van der Waals surface area contributed by atoms with E-state index in [1.807, 2.05) is 19.1 Å². The highest BCUT2D eigenvalue weighted by Gasteiger charge is 2.03. The zero-order valence-corrected chi connectivity index (χ0v) is 10.7. The van der Waals surface area contributed by atoms with E-state index < -0.39 is 0 Å². The predicted octanol–water partition coefficient (Wildman–Crippen LogP) is 3.01. The van der Waals surface area contributed by atoms with Crippen LogP contribution in [0.4, 0.5) is 0 Å². The third-order valence-corrected chi connectivity index (χ3v) is 2.42. The van der Waals surface area contributed by atoms with Gasteiger partial charge in [0.05, 0.1) is 6.61 Å². The number of amides is 1. The van der Waals surface area contributed by atoms with E-state index in [4.69, 9.17) is 4.74 Å². The van der Waals surface area contributed by atoms with Gasteiger partial charge in [0.25, 0.3) is 5.91 Å². The molecule has 1 aromatic carbocycles. The minimum Gasteiger partial charge on any atom is -0.494 e. The normalized spacial score (nSPS) is 10.0. The van der Waals surface area contributed by atoms with Gasteiger partial charge in [-0.1, -0.05) is 20.3 Å². The van der Waals surface area contributed by atoms with Gasteiger partial charge in [-0.15, -0.1) is 0 Å². The fraction of sp³-hybridized carbons (Fsp3) is 0.500. The maximum Gasteiger partial charge on any atom is 0.251 e. The Hall–Kier alpha value is -1.51. The second kappa shape index (κ2) is 7.71. The van der Waals surface area contributed by atoms with E-state index in [1.165, 1.54) is 0 Å². The quantitative estimate of drug-likeness (QED) is 0.738. The molecule has 0 bridgehead atoms. The van der Waals surface area contributed by atoms with Crippen molar-refractivity contribution in [2.45, 2.75) is 33.1 Å². The van der Waals surface area contributed by atoms with Crippen molar-refractivity contribution in [3.05, 3.63) is 29.8 Å². The number of unbranched alkanes of at least 4 members (excludes halogenated alkanes) is 1. The zero-order valence-electron chi connectivity index (χ0n) is 10.7. The lowest BCUT2D eigenvalue weighted by molar-refractivity contribution is 0.0953. The summed E-state index contributed by atoms with van der Waals surface area (Å²) in [6, 6.07) is 7.28. The Labute approximate surface area is 103 Å². The Morgan fingerprint density at radius 1 is 1.18 bits per heavy atom. The molecule has 0 aliphatic rings. The van der Waals surface area contributed by atoms with Crippen LogP contribution in [0.5, 0.6) is 5.75 Å². The van der Waals surface area contributed by atoms with E-state index in [1.54, 1.807) is 12.1 Å². The molecule has 0 saturated heterocycles. The molecule has 0 aliphatic carbocycles. The summed E-state index contributed by atoms with van der Waals surface area (Å²) in [4.78, 5) is 11.6. The van der Waals surface area contributed by atoms with Gasteiger partial charge in [0.2, 0.25) is 0 Å². The first-order valence-electron chi connectivity index (χ1n) is 6.29. The Balaban J connectivity index is 2.46. The van der Waals surface area contributed by atoms with Gasteiger partial charge in [-0.3, -0.25) is 4.79 Å². The molecule has 1 N–H and O–H groups in total. The van der Waals surface area contributed by atoms with Gasteiger partial charge in [-0.25, -0.2) is 0 Å². The van der Waals surface area contributed by atoms with Crippen LogP contribution in [0.3, 0.4) is 0 Å². The monoisotopic (exact) mass is 235 g/mol. The molecule has 1 amide bonds. The molecule has 0 aliphatic heterocycles. The average molecular weight is 235 g/mol. The summed E-state index contributed by atoms with van der Waals surface area (Å²) in [6.07, 6.45) is 3.13. The highest BCUT2D eigenvalue weighted by Crippen LogP contribution is 2.12. The minimum absolute atomic E-state index is 0.0213. The van der Waals surface area contributed by atoms with E-state index in [-0.39, 0.29) is 5.91 Å². The van der Waals surface area contributed by atoms with Crippen molar-refractivity contribution < 1.29 is 9.53 Å². The number of hydrogen-bond acceptors (Lipinski definition) is 2. The topological polar surface area (TPSA) is 38.3 Å². The van der Waals surface area contributed by atoms with Crippen LogP contribution in [-0.4, -0.2) is 19.1 Å². The van der Waals surface area contributed by atoms with E-state index >= 15 is 0 Å². The van der Waals surface area contributed by atoms with Crippen molar-refractivity contribution in [2.75, 3.05) is 13.2 Å². The molecule has 3 nitrogen and oxygen atoms in total. The van der Waals surface area contributed by atoms with E-state index in [0.29, 0.717) is 12.1 Å². The Bertz CT molecular complexity index is 333. The maximum absolute atomic E-state index is 11.6. The Kier molecular flexibility index (Phi) is 6.15. The first-order chi connectivity index (χ1) is 8.27. The summed E-state index contributed by atoms with van der Waals surface area (Å²) in [7, 11) is 0. The summed E-state index contributed by atoms with van der Waals surface area (Å²) in [5.41, 5.74) is 0.682. The predicted molar refractivity (Wildman–Crippen MR) is 69.5 cm³/mol. The Morgan fingerprint density at radius 3 is 2.47 bits per heavy atom. The van der Waals surface area contributed by atoms with E-state index in [0.717, 1.165) is 31.6 Å². The van der Waals surface area contributed by atoms with Gasteiger partial charge in [0.1, 0.15) is 5.75 Å². The SMILES string of the molecule is CCCCOc1ccc(C(=O)NCCC)cc1. The molecule has 0 spiro atoms. The molecule has 1 rings (SSSR count). The lowest BCUT2D eigenvalue weighted by atomic mass is 10.2. The van der Waals surface area contributed by atoms with Crippen molar-refractivity contribution in [1.82, 2.24) is 5.32 Å². The van der Waals surface area contributed by atoms with Crippen molar-refractivity contribution in [1.29, 1.82) is 0 Å². The van der Waals surface area contributed by atoms with Crippen LogP contribution < -0.4 is 10.1 Å². The average Bonchev–Trinajstić information content (AvgIpc) is 2.37. The second-order valence-corrected chi connectivity index (χ2v) is 3.98. The maximum atomic E-state index is 11.6. The molecule has 0 unspecified atom stereocenters. The first kappa shape index (κ1) is 13.6. The van der Waals surface area contributed by atoms with Crippen LogP contribution in [0.1, 0.15) is 43.5 Å². The number of carbonyl (C=O) groups is 1. The third kappa shape index (κ3) is 4.89. The van der Waals surface area contributed by atoms with Gasteiger partial charge in [0, 0.05) is 12.1 Å². The van der Waals surface area contributed by atoms with Crippen LogP contribution in [0.25, 0.3) is 0 Å². The van der Waals surface area contributed by atoms with Crippen molar-refractivity contribution in [3.63, 3.8) is 0 Å². The van der Waals surface area contributed by atoms with Crippen LogP contribution in [0, 0.1) is 0 Å². The number of hydrogen-bond donors (Lipinski definition) is 1. The van der Waals surface area contributed by atoms with Crippen LogP contribution in [-0.2, 0) is 0 Å². The first-order valence-corrected chi connectivity index (χ1v) is 6.29. The van der Waals surface area contributed by atoms with Gasteiger partial charge in [0.15, 0.2) is 0 Å². The molecular formula is C14H21NO2. The number of benzene rings is 1. The smallest absolute Gasteiger partial charge is 0.251 e. The minimum atomic E-state index is -0.0213. The highest BCUT2D eigenvalue weighted by molar-refractivity contribution is 5.94. The fourth-order valence-corrected chi connectivity index (χ4v) is 1.38. The molecule has 3 heteroatoms. The summed E-state index contributed by atoms with van der Waals surface area (Å²) in [5, 5.41) is 2.84. The summed E-state index contributed by atoms with van der Waals surface area (Å²) < 4.78 is 5.53. The third-order valence-electron chi connectivity index (χ3n) is 2.42. The lowest BCUT2D eigenvalue weighted by Gasteiger charge is -2.07. The largest absolute Gasteiger partial charge is 0.494 e. The fourth-order valence-electron chi connectivity index (χ4n) is 1.38. The van der Waals surface area contributed by atoms with Crippen LogP contribution >= 0.6 is 0 Å². The number of rotatable bonds is 7. The molecule has 0 aromatic heterocycles. The van der Waals surface area contributed by atoms with Gasteiger partial charge < -0.3 is 10.1 Å². The standard InChI is InChI=1S/C14H21NO2/c1-3-5-11-17-13-8-6-12(7-9-13)14(16)15-10-4-2/h6-9H,3-5,10-11H2,1-2H3,(H,15,16). The number of nitrogens with one attached hydrogen (secondary N) is 1.